The number of benzene rings is 1. The quantitative estimate of drug-likeness (QED) is 0.641. The van der Waals surface area contributed by atoms with E-state index in [1.807, 2.05) is 36.0 Å². The summed E-state index contributed by atoms with van der Waals surface area (Å²) in [6.45, 7) is 0.424. The van der Waals surface area contributed by atoms with Gasteiger partial charge in [0.25, 0.3) is 0 Å². The van der Waals surface area contributed by atoms with Gasteiger partial charge in [-0.15, -0.1) is 0 Å². The lowest BCUT2D eigenvalue weighted by Gasteiger charge is -2.24. The number of thioether (sulfide) groups is 1. The van der Waals surface area contributed by atoms with E-state index < -0.39 is 0 Å². The van der Waals surface area contributed by atoms with Crippen molar-refractivity contribution in [3.63, 3.8) is 0 Å². The second-order valence-corrected chi connectivity index (χ2v) is 7.09. The molecule has 0 saturated carbocycles. The summed E-state index contributed by atoms with van der Waals surface area (Å²) >= 11 is 7.97. The fourth-order valence-corrected chi connectivity index (χ4v) is 3.74. The lowest BCUT2D eigenvalue weighted by Crippen LogP contribution is -2.45. The third kappa shape index (κ3) is 4.64. The molecule has 24 heavy (non-hydrogen) atoms. The van der Waals surface area contributed by atoms with Crippen LogP contribution in [0.2, 0.25) is 5.02 Å². The van der Waals surface area contributed by atoms with Crippen molar-refractivity contribution in [3.05, 3.63) is 35.2 Å². The van der Waals surface area contributed by atoms with E-state index in [1.54, 1.807) is 7.05 Å². The third-order valence-electron chi connectivity index (χ3n) is 3.68. The van der Waals surface area contributed by atoms with Crippen LogP contribution in [0.15, 0.2) is 33.8 Å². The van der Waals surface area contributed by atoms with Crippen molar-refractivity contribution in [3.8, 4) is 11.4 Å². The minimum atomic E-state index is 0.424. The molecule has 8 heteroatoms. The Labute approximate surface area is 150 Å². The average molecular weight is 366 g/mol. The Morgan fingerprint density at radius 3 is 3.17 bits per heavy atom. The fraction of sp³-hybridized carbons (Fsp3) is 0.438. The van der Waals surface area contributed by atoms with E-state index in [-0.39, 0.29) is 0 Å². The predicted octanol–water partition coefficient (Wildman–Crippen LogP) is 2.95. The highest BCUT2D eigenvalue weighted by atomic mass is 35.5. The molecule has 2 aromatic rings. The van der Waals surface area contributed by atoms with Crippen molar-refractivity contribution < 1.29 is 4.52 Å². The van der Waals surface area contributed by atoms with Gasteiger partial charge < -0.3 is 15.2 Å². The summed E-state index contributed by atoms with van der Waals surface area (Å²) in [5.41, 5.74) is 0.833. The van der Waals surface area contributed by atoms with E-state index in [4.69, 9.17) is 16.1 Å². The van der Waals surface area contributed by atoms with Gasteiger partial charge in [-0.05, 0) is 30.7 Å². The van der Waals surface area contributed by atoms with Gasteiger partial charge in [0.05, 0.1) is 6.54 Å². The molecule has 0 spiro atoms. The molecule has 0 aliphatic carbocycles. The number of aliphatic imine (C=N–C) groups is 1. The topological polar surface area (TPSA) is 75.3 Å². The van der Waals surface area contributed by atoms with Crippen LogP contribution in [0, 0.1) is 0 Å². The molecule has 1 atom stereocenters. The van der Waals surface area contributed by atoms with Crippen molar-refractivity contribution in [2.24, 2.45) is 4.99 Å². The summed E-state index contributed by atoms with van der Waals surface area (Å²) in [6.07, 6.45) is 2.42. The van der Waals surface area contributed by atoms with Crippen molar-refractivity contribution in [1.82, 2.24) is 20.8 Å². The summed E-state index contributed by atoms with van der Waals surface area (Å²) in [5.74, 6) is 4.15. The van der Waals surface area contributed by atoms with Crippen molar-refractivity contribution in [2.45, 2.75) is 25.4 Å². The first kappa shape index (κ1) is 17.1. The maximum Gasteiger partial charge on any atom is 0.246 e. The normalized spacial score (nSPS) is 18.4. The van der Waals surface area contributed by atoms with Crippen LogP contribution in [0.25, 0.3) is 11.4 Å². The SMILES string of the molecule is CN=C(NCc1nc(-c2cccc(Cl)c2)no1)NC1CCCSC1. The van der Waals surface area contributed by atoms with Gasteiger partial charge in [-0.2, -0.15) is 16.7 Å². The molecule has 1 fully saturated rings. The van der Waals surface area contributed by atoms with Crippen LogP contribution in [0.5, 0.6) is 0 Å². The van der Waals surface area contributed by atoms with Crippen LogP contribution in [0.4, 0.5) is 0 Å². The van der Waals surface area contributed by atoms with Crippen LogP contribution in [-0.2, 0) is 6.54 Å². The van der Waals surface area contributed by atoms with E-state index in [1.165, 1.54) is 18.6 Å². The van der Waals surface area contributed by atoms with Gasteiger partial charge in [-0.3, -0.25) is 4.99 Å². The molecule has 0 amide bonds. The first-order valence-corrected chi connectivity index (χ1v) is 9.41. The van der Waals surface area contributed by atoms with Crippen molar-refractivity contribution in [2.75, 3.05) is 18.6 Å². The Kier molecular flexibility index (Phi) is 5.98. The zero-order chi connectivity index (χ0) is 16.8. The summed E-state index contributed by atoms with van der Waals surface area (Å²) in [4.78, 5) is 8.64. The number of hydrogen-bond acceptors (Lipinski definition) is 5. The van der Waals surface area contributed by atoms with Crippen LogP contribution in [0.1, 0.15) is 18.7 Å². The Morgan fingerprint density at radius 1 is 1.50 bits per heavy atom. The van der Waals surface area contributed by atoms with Crippen LogP contribution >= 0.6 is 23.4 Å². The zero-order valence-electron chi connectivity index (χ0n) is 13.5. The Hall–Kier alpha value is -1.73. The summed E-state index contributed by atoms with van der Waals surface area (Å²) < 4.78 is 5.29. The van der Waals surface area contributed by atoms with Gasteiger partial charge in [0, 0.05) is 29.4 Å². The van der Waals surface area contributed by atoms with Gasteiger partial charge in [0.2, 0.25) is 11.7 Å². The monoisotopic (exact) mass is 365 g/mol. The molecule has 0 radical (unpaired) electrons. The molecular weight excluding hydrogens is 346 g/mol. The van der Waals surface area contributed by atoms with Gasteiger partial charge in [-0.25, -0.2) is 0 Å². The first-order valence-electron chi connectivity index (χ1n) is 7.88. The van der Waals surface area contributed by atoms with Crippen molar-refractivity contribution >= 4 is 29.3 Å². The molecule has 3 rings (SSSR count). The molecule has 2 N–H and O–H groups in total. The summed E-state index contributed by atoms with van der Waals surface area (Å²) in [7, 11) is 1.76. The van der Waals surface area contributed by atoms with Crippen LogP contribution in [-0.4, -0.2) is 40.7 Å². The van der Waals surface area contributed by atoms with Crippen LogP contribution in [0.3, 0.4) is 0 Å². The highest BCUT2D eigenvalue weighted by Crippen LogP contribution is 2.20. The number of guanidine groups is 1. The van der Waals surface area contributed by atoms with Gasteiger partial charge in [0.1, 0.15) is 0 Å². The maximum absolute atomic E-state index is 5.99. The van der Waals surface area contributed by atoms with Gasteiger partial charge >= 0.3 is 0 Å². The molecule has 6 nitrogen and oxygen atoms in total. The molecular formula is C16H20ClN5OS. The van der Waals surface area contributed by atoms with Crippen molar-refractivity contribution in [1.29, 1.82) is 0 Å². The Balaban J connectivity index is 1.56. The summed E-state index contributed by atoms with van der Waals surface area (Å²) in [5, 5.41) is 11.3. The van der Waals surface area contributed by atoms with E-state index in [2.05, 4.69) is 25.8 Å². The van der Waals surface area contributed by atoms with Crippen LogP contribution < -0.4 is 10.6 Å². The van der Waals surface area contributed by atoms with E-state index in [0.717, 1.165) is 17.3 Å². The first-order chi connectivity index (χ1) is 11.7. The average Bonchev–Trinajstić information content (AvgIpc) is 3.08. The Morgan fingerprint density at radius 2 is 2.42 bits per heavy atom. The second-order valence-electron chi connectivity index (χ2n) is 5.51. The third-order valence-corrected chi connectivity index (χ3v) is 5.13. The lowest BCUT2D eigenvalue weighted by atomic mass is 10.2. The molecule has 1 aromatic heterocycles. The molecule has 1 aromatic carbocycles. The highest BCUT2D eigenvalue weighted by Gasteiger charge is 2.15. The number of rotatable bonds is 4. The minimum absolute atomic E-state index is 0.424. The van der Waals surface area contributed by atoms with Gasteiger partial charge in [0.15, 0.2) is 5.96 Å². The number of aromatic nitrogens is 2. The summed E-state index contributed by atoms with van der Waals surface area (Å²) in [6, 6.07) is 7.84. The zero-order valence-corrected chi connectivity index (χ0v) is 15.0. The lowest BCUT2D eigenvalue weighted by molar-refractivity contribution is 0.375. The molecule has 1 aliphatic rings. The molecule has 1 saturated heterocycles. The van der Waals surface area contributed by atoms with E-state index >= 15 is 0 Å². The number of nitrogens with zero attached hydrogens (tertiary/aromatic N) is 3. The standard InChI is InChI=1S/C16H20ClN5OS/c1-18-16(20-13-6-3-7-24-10-13)19-9-14-21-15(22-23-14)11-4-2-5-12(17)8-11/h2,4-5,8,13H,3,6-7,9-10H2,1H3,(H2,18,19,20). The number of hydrogen-bond donors (Lipinski definition) is 2. The Bertz CT molecular complexity index is 699. The molecule has 2 heterocycles. The van der Waals surface area contributed by atoms with E-state index in [0.29, 0.717) is 29.3 Å². The maximum atomic E-state index is 5.99. The molecule has 1 unspecified atom stereocenters. The molecule has 128 valence electrons. The molecule has 1 aliphatic heterocycles. The largest absolute Gasteiger partial charge is 0.353 e. The number of halogens is 1. The highest BCUT2D eigenvalue weighted by molar-refractivity contribution is 7.99. The smallest absolute Gasteiger partial charge is 0.246 e. The molecule has 0 bridgehead atoms. The number of nitrogens with one attached hydrogen (secondary N) is 2. The minimum Gasteiger partial charge on any atom is -0.353 e. The predicted molar refractivity (Wildman–Crippen MR) is 98.4 cm³/mol. The fourth-order valence-electron chi connectivity index (χ4n) is 2.47. The van der Waals surface area contributed by atoms with E-state index in [9.17, 15) is 0 Å². The second kappa shape index (κ2) is 8.39. The van der Waals surface area contributed by atoms with Gasteiger partial charge in [-0.1, -0.05) is 28.9 Å².